The number of H-pyrrole nitrogens is 1. The molecule has 10 atom stereocenters. The monoisotopic (exact) mass is 768 g/mol. The van der Waals surface area contributed by atoms with Gasteiger partial charge in [-0.2, -0.15) is 0 Å². The summed E-state index contributed by atoms with van der Waals surface area (Å²) in [6, 6.07) is 0.959. The first-order valence-electron chi connectivity index (χ1n) is 16.0. The van der Waals surface area contributed by atoms with Gasteiger partial charge < -0.3 is 54.6 Å². The average Bonchev–Trinajstić information content (AvgIpc) is 3.33. The van der Waals surface area contributed by atoms with E-state index in [2.05, 4.69) is 60.2 Å². The van der Waals surface area contributed by atoms with Crippen LogP contribution in [0.1, 0.15) is 47.8 Å². The number of thioether (sulfide) groups is 1. The molecule has 22 heteroatoms. The summed E-state index contributed by atoms with van der Waals surface area (Å²) >= 11 is 0.479. The Morgan fingerprint density at radius 3 is 1.88 bits per heavy atom. The number of aliphatic hydroxyl groups excluding tert-OH is 5. The molecule has 1 aromatic rings. The van der Waals surface area contributed by atoms with Crippen molar-refractivity contribution >= 4 is 27.2 Å². The molecule has 2 saturated heterocycles. The number of aliphatic hydroxyl groups is 5. The fourth-order valence-corrected chi connectivity index (χ4v) is 8.84. The molecule has 1 aromatic heterocycles. The lowest BCUT2D eigenvalue weighted by Gasteiger charge is -2.34. The van der Waals surface area contributed by atoms with Gasteiger partial charge in [0.05, 0.1) is 18.7 Å². The van der Waals surface area contributed by atoms with Gasteiger partial charge in [-0.25, -0.2) is 13.7 Å². The van der Waals surface area contributed by atoms with Crippen molar-refractivity contribution in [2.45, 2.75) is 89.8 Å². The van der Waals surface area contributed by atoms with Crippen molar-refractivity contribution in [2.24, 2.45) is 0 Å². The van der Waals surface area contributed by atoms with Crippen molar-refractivity contribution in [3.8, 4) is 0 Å². The third-order valence-corrected chi connectivity index (χ3v) is 12.6. The van der Waals surface area contributed by atoms with E-state index in [1.807, 2.05) is 4.98 Å². The summed E-state index contributed by atoms with van der Waals surface area (Å²) in [4.78, 5) is 49.4. The molecule has 19 nitrogen and oxygen atoms in total. The SMILES string of the molecule is CCN(CC)CC.CCN(CC)CC.O=c1ccn([C@@H]2O[C@H](COP(=O)(O)OP(=O)(O)CS[C@@H]3OC[C@H](O)[C@H](O)[C@H]3O)[C@@H](O)[C@H]2O)c(=O)[nH]1. The number of rotatable bonds is 15. The molecule has 49 heavy (non-hydrogen) atoms. The minimum atomic E-state index is -5.24. The molecule has 0 radical (unpaired) electrons. The zero-order valence-electron chi connectivity index (χ0n) is 28.7. The van der Waals surface area contributed by atoms with Crippen LogP contribution in [0.2, 0.25) is 0 Å². The second-order valence-electron chi connectivity index (χ2n) is 10.8. The fraction of sp³-hybridized carbons (Fsp3) is 0.852. The molecule has 0 saturated carbocycles. The molecule has 2 aliphatic rings. The maximum absolute atomic E-state index is 12.2. The standard InChI is InChI=1S/C15H24N2O15P2S.2C6H15N/c18-6-3-29-14(12(23)9(6)20)35-5-33(25,26)32-34(27,28)30-4-7-10(21)11(22)13(31-7)17-2-1-8(19)16-15(17)24;2*1-4-7(5-2)6-3/h1-2,6-7,9-14,18,20-23H,3-5H2,(H,25,26)(H,27,28)(H,16,19,24);2*4-6H2,1-3H3/t6-,7+,9-,10+,11+,12+,13+,14-;;/m0../s1. The van der Waals surface area contributed by atoms with Crippen LogP contribution in [0, 0.1) is 0 Å². The highest BCUT2D eigenvalue weighted by molar-refractivity contribution is 8.05. The van der Waals surface area contributed by atoms with Crippen molar-refractivity contribution in [3.63, 3.8) is 0 Å². The number of ether oxygens (including phenoxy) is 2. The smallest absolute Gasteiger partial charge is 0.388 e. The third kappa shape index (κ3) is 15.2. The van der Waals surface area contributed by atoms with Gasteiger partial charge in [0.1, 0.15) is 42.1 Å². The molecule has 8 N–H and O–H groups in total. The zero-order chi connectivity index (χ0) is 37.5. The highest BCUT2D eigenvalue weighted by atomic mass is 32.2. The maximum Gasteiger partial charge on any atom is 0.479 e. The van der Waals surface area contributed by atoms with E-state index >= 15 is 0 Å². The van der Waals surface area contributed by atoms with Crippen LogP contribution in [0.3, 0.4) is 0 Å². The summed E-state index contributed by atoms with van der Waals surface area (Å²) in [6.07, 6.45) is -9.95. The second kappa shape index (κ2) is 22.1. The highest BCUT2D eigenvalue weighted by Crippen LogP contribution is 2.61. The van der Waals surface area contributed by atoms with Gasteiger partial charge in [0.25, 0.3) is 5.56 Å². The van der Waals surface area contributed by atoms with Crippen LogP contribution >= 0.6 is 27.2 Å². The molecule has 2 aliphatic heterocycles. The Bertz CT molecular complexity index is 1280. The van der Waals surface area contributed by atoms with Gasteiger partial charge in [-0.3, -0.25) is 23.4 Å². The first-order chi connectivity index (χ1) is 22.9. The van der Waals surface area contributed by atoms with Crippen molar-refractivity contribution in [3.05, 3.63) is 33.1 Å². The Morgan fingerprint density at radius 1 is 0.878 bits per heavy atom. The normalized spacial score (nSPS) is 29.4. The van der Waals surface area contributed by atoms with E-state index in [1.54, 1.807) is 0 Å². The van der Waals surface area contributed by atoms with Gasteiger partial charge in [-0.15, -0.1) is 11.8 Å². The van der Waals surface area contributed by atoms with Gasteiger partial charge in [-0.1, -0.05) is 41.5 Å². The van der Waals surface area contributed by atoms with Crippen molar-refractivity contribution < 1.29 is 62.8 Å². The van der Waals surface area contributed by atoms with Crippen LogP contribution in [0.5, 0.6) is 0 Å². The highest BCUT2D eigenvalue weighted by Gasteiger charge is 2.46. The predicted molar refractivity (Wildman–Crippen MR) is 181 cm³/mol. The molecule has 0 aromatic carbocycles. The van der Waals surface area contributed by atoms with E-state index in [0.29, 0.717) is 11.8 Å². The first kappa shape index (κ1) is 46.0. The Hall–Kier alpha value is -1.03. The van der Waals surface area contributed by atoms with Gasteiger partial charge in [-0.05, 0) is 39.3 Å². The maximum atomic E-state index is 12.2. The largest absolute Gasteiger partial charge is 0.479 e. The van der Waals surface area contributed by atoms with Gasteiger partial charge in [0.2, 0.25) is 0 Å². The quantitative estimate of drug-likeness (QED) is 0.102. The molecule has 2 unspecified atom stereocenters. The number of nitrogens with one attached hydrogen (secondary N) is 1. The summed E-state index contributed by atoms with van der Waals surface area (Å²) in [5.41, 5.74) is -3.79. The lowest BCUT2D eigenvalue weighted by Crippen LogP contribution is -2.51. The lowest BCUT2D eigenvalue weighted by molar-refractivity contribution is -0.161. The molecular weight excluding hydrogens is 714 g/mol. The van der Waals surface area contributed by atoms with Gasteiger partial charge in [0, 0.05) is 12.3 Å². The second-order valence-corrected chi connectivity index (χ2v) is 15.8. The Balaban J connectivity index is 0.000000717. The number of nitrogens with zero attached hydrogens (tertiary/aromatic N) is 3. The average molecular weight is 769 g/mol. The molecule has 0 bridgehead atoms. The molecule has 3 rings (SSSR count). The van der Waals surface area contributed by atoms with Gasteiger partial charge in [0.15, 0.2) is 6.23 Å². The minimum absolute atomic E-state index is 0.365. The summed E-state index contributed by atoms with van der Waals surface area (Å²) in [5, 5.41) is 49.1. The number of phosphoric ester groups is 1. The molecule has 288 valence electrons. The van der Waals surface area contributed by atoms with Crippen LogP contribution in [0.15, 0.2) is 21.9 Å². The van der Waals surface area contributed by atoms with Crippen molar-refractivity contribution in [1.82, 2.24) is 19.4 Å². The van der Waals surface area contributed by atoms with E-state index in [1.165, 1.54) is 39.3 Å². The van der Waals surface area contributed by atoms with E-state index in [9.17, 15) is 54.0 Å². The zero-order valence-corrected chi connectivity index (χ0v) is 31.3. The van der Waals surface area contributed by atoms with Crippen LogP contribution in [-0.4, -0.2) is 155 Å². The minimum Gasteiger partial charge on any atom is -0.388 e. The van der Waals surface area contributed by atoms with Crippen LogP contribution in [-0.2, 0) is 27.4 Å². The van der Waals surface area contributed by atoms with E-state index < -0.39 is 87.1 Å². The van der Waals surface area contributed by atoms with E-state index in [-0.39, 0.29) is 6.61 Å². The van der Waals surface area contributed by atoms with Crippen molar-refractivity contribution in [2.75, 3.05) is 58.0 Å². The van der Waals surface area contributed by atoms with E-state index in [4.69, 9.17) is 9.47 Å². The number of phosphoric acid groups is 1. The summed E-state index contributed by atoms with van der Waals surface area (Å²) in [6.45, 7) is 19.0. The van der Waals surface area contributed by atoms with E-state index in [0.717, 1.165) is 16.8 Å². The Morgan fingerprint density at radius 2 is 1.41 bits per heavy atom. The summed E-state index contributed by atoms with van der Waals surface area (Å²) < 4.78 is 44.3. The third-order valence-electron chi connectivity index (χ3n) is 7.63. The first-order valence-corrected chi connectivity index (χ1v) is 20.3. The molecule has 0 aliphatic carbocycles. The Labute approximate surface area is 289 Å². The molecule has 3 heterocycles. The fourth-order valence-electron chi connectivity index (χ4n) is 4.54. The van der Waals surface area contributed by atoms with Crippen LogP contribution < -0.4 is 11.2 Å². The summed E-state index contributed by atoms with van der Waals surface area (Å²) in [7, 11) is -10.1. The number of hydrogen-bond donors (Lipinski definition) is 8. The Kier molecular flexibility index (Phi) is 20.8. The predicted octanol–water partition coefficient (Wildman–Crippen LogP) is -0.699. The topological polar surface area (TPSA) is 274 Å². The number of aromatic nitrogens is 2. The van der Waals surface area contributed by atoms with Gasteiger partial charge >= 0.3 is 21.1 Å². The molecule has 2 fully saturated rings. The lowest BCUT2D eigenvalue weighted by atomic mass is 10.1. The molecule has 0 amide bonds. The number of aromatic amines is 1. The van der Waals surface area contributed by atoms with Crippen molar-refractivity contribution in [1.29, 1.82) is 0 Å². The van der Waals surface area contributed by atoms with Crippen LogP contribution in [0.4, 0.5) is 0 Å². The van der Waals surface area contributed by atoms with Crippen LogP contribution in [0.25, 0.3) is 0 Å². The molecule has 0 spiro atoms. The molecular formula is C27H54N4O15P2S. The number of hydrogen-bond acceptors (Lipinski definition) is 16. The summed E-state index contributed by atoms with van der Waals surface area (Å²) in [5.74, 6) is 0.